The van der Waals surface area contributed by atoms with E-state index >= 15 is 0 Å². The average molecular weight is 484 g/mol. The van der Waals surface area contributed by atoms with E-state index in [4.69, 9.17) is 16.1 Å². The number of carbonyl (C=O) groups is 1. The number of nitrogen functional groups attached to an aromatic ring is 1. The summed E-state index contributed by atoms with van der Waals surface area (Å²) < 4.78 is 1.93. The van der Waals surface area contributed by atoms with Crippen molar-refractivity contribution in [2.45, 2.75) is 39.0 Å². The smallest absolute Gasteiger partial charge is 0.180 e. The van der Waals surface area contributed by atoms with Crippen LogP contribution >= 0.6 is 0 Å². The van der Waals surface area contributed by atoms with Crippen LogP contribution in [0.15, 0.2) is 61.1 Å². The Labute approximate surface area is 211 Å². The number of aromatic nitrogens is 3. The third-order valence-electron chi connectivity index (χ3n) is 6.26. The first-order chi connectivity index (χ1) is 17.4. The standard InChI is InChI=1S/C28H33N7O/c1-20(36)7-5-3-4-6-15-34(2)24-12-10-23(11-13-24)32-27-28-31-14-16-35(28)19-26(33-27)21-8-9-22(18-29)25(30)17-21/h8-14,16-19,29H,3-7,15,30H2,1-2H3,(H,32,33). The molecule has 0 spiro atoms. The van der Waals surface area contributed by atoms with Crippen molar-refractivity contribution in [3.05, 3.63) is 66.6 Å². The van der Waals surface area contributed by atoms with E-state index in [9.17, 15) is 4.79 Å². The maximum Gasteiger partial charge on any atom is 0.180 e. The first-order valence-corrected chi connectivity index (χ1v) is 12.3. The van der Waals surface area contributed by atoms with Crippen LogP contribution in [0.25, 0.3) is 16.9 Å². The SMILES string of the molecule is CC(=O)CCCCCCN(C)c1ccc(Nc2nc(-c3ccc(C=N)c(N)c3)cn3ccnc23)cc1. The van der Waals surface area contributed by atoms with Gasteiger partial charge in [-0.3, -0.25) is 0 Å². The van der Waals surface area contributed by atoms with Gasteiger partial charge in [0, 0.05) is 73.0 Å². The molecule has 8 heteroatoms. The Hall–Kier alpha value is -4.20. The Morgan fingerprint density at radius 3 is 2.64 bits per heavy atom. The van der Waals surface area contributed by atoms with Gasteiger partial charge in [0.25, 0.3) is 0 Å². The highest BCUT2D eigenvalue weighted by Crippen LogP contribution is 2.27. The molecule has 0 saturated carbocycles. The van der Waals surface area contributed by atoms with E-state index < -0.39 is 0 Å². The summed E-state index contributed by atoms with van der Waals surface area (Å²) in [6.07, 6.45) is 11.8. The molecule has 2 heterocycles. The van der Waals surface area contributed by atoms with Gasteiger partial charge in [0.05, 0.1) is 5.69 Å². The molecule has 0 aliphatic heterocycles. The minimum absolute atomic E-state index is 0.277. The van der Waals surface area contributed by atoms with Crippen LogP contribution in [0.4, 0.5) is 22.9 Å². The predicted octanol–water partition coefficient (Wildman–Crippen LogP) is 5.70. The first-order valence-electron chi connectivity index (χ1n) is 12.3. The molecule has 2 aromatic heterocycles. The van der Waals surface area contributed by atoms with Crippen molar-refractivity contribution in [3.63, 3.8) is 0 Å². The molecule has 8 nitrogen and oxygen atoms in total. The highest BCUT2D eigenvalue weighted by atomic mass is 16.1. The Bertz CT molecular complexity index is 1340. The summed E-state index contributed by atoms with van der Waals surface area (Å²) in [5.74, 6) is 0.928. The monoisotopic (exact) mass is 483 g/mol. The third kappa shape index (κ3) is 6.07. The number of nitrogens with two attached hydrogens (primary N) is 1. The number of fused-ring (bicyclic) bond motifs is 1. The van der Waals surface area contributed by atoms with Crippen molar-refractivity contribution >= 4 is 40.5 Å². The number of ketones is 1. The number of nitrogens with one attached hydrogen (secondary N) is 2. The lowest BCUT2D eigenvalue weighted by atomic mass is 10.1. The number of Topliss-reactive ketones (excluding diaryl/α,β-unsaturated/α-hetero) is 1. The maximum atomic E-state index is 11.0. The third-order valence-corrected chi connectivity index (χ3v) is 6.26. The predicted molar refractivity (Wildman–Crippen MR) is 147 cm³/mol. The van der Waals surface area contributed by atoms with E-state index in [-0.39, 0.29) is 5.78 Å². The lowest BCUT2D eigenvalue weighted by molar-refractivity contribution is -0.117. The van der Waals surface area contributed by atoms with E-state index in [1.54, 1.807) is 13.1 Å². The molecule has 4 N–H and O–H groups in total. The van der Waals surface area contributed by atoms with E-state index in [0.29, 0.717) is 23.5 Å². The van der Waals surface area contributed by atoms with E-state index in [2.05, 4.69) is 34.4 Å². The van der Waals surface area contributed by atoms with Gasteiger partial charge in [-0.05, 0) is 50.1 Å². The van der Waals surface area contributed by atoms with Gasteiger partial charge in [-0.25, -0.2) is 9.97 Å². The second-order valence-electron chi connectivity index (χ2n) is 9.08. The molecular weight excluding hydrogens is 450 g/mol. The molecule has 0 fully saturated rings. The van der Waals surface area contributed by atoms with Crippen LogP contribution in [0.5, 0.6) is 0 Å². The minimum Gasteiger partial charge on any atom is -0.398 e. The van der Waals surface area contributed by atoms with Crippen LogP contribution in [0.3, 0.4) is 0 Å². The number of hydrogen-bond acceptors (Lipinski definition) is 7. The molecule has 0 radical (unpaired) electrons. The second kappa shape index (κ2) is 11.5. The quantitative estimate of drug-likeness (QED) is 0.135. The minimum atomic E-state index is 0.277. The van der Waals surface area contributed by atoms with Crippen molar-refractivity contribution in [1.29, 1.82) is 5.41 Å². The van der Waals surface area contributed by atoms with Crippen molar-refractivity contribution < 1.29 is 4.79 Å². The van der Waals surface area contributed by atoms with Gasteiger partial charge in [0.1, 0.15) is 5.78 Å². The van der Waals surface area contributed by atoms with Gasteiger partial charge < -0.3 is 30.6 Å². The normalized spacial score (nSPS) is 10.9. The van der Waals surface area contributed by atoms with E-state index in [0.717, 1.165) is 60.5 Å². The topological polar surface area (TPSA) is 112 Å². The van der Waals surface area contributed by atoms with Crippen LogP contribution in [0, 0.1) is 5.41 Å². The number of hydrogen-bond donors (Lipinski definition) is 3. The molecule has 0 aliphatic rings. The largest absolute Gasteiger partial charge is 0.398 e. The number of unbranched alkanes of at least 4 members (excludes halogenated alkanes) is 3. The number of nitrogens with zero attached hydrogens (tertiary/aromatic N) is 4. The van der Waals surface area contributed by atoms with Gasteiger partial charge in [0.2, 0.25) is 0 Å². The van der Waals surface area contributed by atoms with Crippen molar-refractivity contribution in [2.75, 3.05) is 29.5 Å². The molecule has 4 rings (SSSR count). The van der Waals surface area contributed by atoms with Crippen LogP contribution < -0.4 is 16.0 Å². The number of imidazole rings is 1. The van der Waals surface area contributed by atoms with Crippen LogP contribution in [-0.2, 0) is 4.79 Å². The first kappa shape index (κ1) is 24.9. The Kier molecular flexibility index (Phi) is 7.95. The summed E-state index contributed by atoms with van der Waals surface area (Å²) in [6, 6.07) is 13.9. The zero-order valence-corrected chi connectivity index (χ0v) is 20.9. The molecule has 0 bridgehead atoms. The highest BCUT2D eigenvalue weighted by Gasteiger charge is 2.11. The van der Waals surface area contributed by atoms with Crippen molar-refractivity contribution in [2.24, 2.45) is 0 Å². The number of anilines is 4. The summed E-state index contributed by atoms with van der Waals surface area (Å²) in [5, 5.41) is 10.9. The molecule has 0 aliphatic carbocycles. The fourth-order valence-corrected chi connectivity index (χ4v) is 4.16. The Morgan fingerprint density at radius 2 is 1.92 bits per heavy atom. The van der Waals surface area contributed by atoms with Gasteiger partial charge in [0.15, 0.2) is 11.5 Å². The molecule has 2 aromatic carbocycles. The molecule has 186 valence electrons. The van der Waals surface area contributed by atoms with E-state index in [1.165, 1.54) is 6.21 Å². The van der Waals surface area contributed by atoms with Gasteiger partial charge in [-0.2, -0.15) is 0 Å². The van der Waals surface area contributed by atoms with E-state index in [1.807, 2.05) is 47.1 Å². The van der Waals surface area contributed by atoms with Gasteiger partial charge in [-0.15, -0.1) is 0 Å². The summed E-state index contributed by atoms with van der Waals surface area (Å²) in [4.78, 5) is 22.6. The summed E-state index contributed by atoms with van der Waals surface area (Å²) >= 11 is 0. The summed E-state index contributed by atoms with van der Waals surface area (Å²) in [5.41, 5.74) is 11.7. The molecule has 4 aromatic rings. The lowest BCUT2D eigenvalue weighted by Crippen LogP contribution is -2.18. The highest BCUT2D eigenvalue weighted by molar-refractivity contribution is 5.87. The summed E-state index contributed by atoms with van der Waals surface area (Å²) in [6.45, 7) is 2.64. The van der Waals surface area contributed by atoms with Crippen molar-refractivity contribution in [1.82, 2.24) is 14.4 Å². The molecule has 0 amide bonds. The maximum absolute atomic E-state index is 11.0. The molecular formula is C28H33N7O. The number of rotatable bonds is 12. The molecule has 0 atom stereocenters. The fourth-order valence-electron chi connectivity index (χ4n) is 4.16. The van der Waals surface area contributed by atoms with Crippen LogP contribution in [0.1, 0.15) is 44.6 Å². The number of carbonyl (C=O) groups excluding carboxylic acids is 1. The van der Waals surface area contributed by atoms with Gasteiger partial charge >= 0.3 is 0 Å². The van der Waals surface area contributed by atoms with Crippen molar-refractivity contribution in [3.8, 4) is 11.3 Å². The Morgan fingerprint density at radius 1 is 1.14 bits per heavy atom. The molecule has 0 saturated heterocycles. The Balaban J connectivity index is 1.44. The number of benzene rings is 2. The van der Waals surface area contributed by atoms with Crippen LogP contribution in [-0.4, -0.2) is 40.0 Å². The van der Waals surface area contributed by atoms with Gasteiger partial charge in [-0.1, -0.05) is 25.0 Å². The average Bonchev–Trinajstić information content (AvgIpc) is 3.35. The zero-order chi connectivity index (χ0) is 25.5. The fraction of sp³-hybridized carbons (Fsp3) is 0.286. The molecule has 36 heavy (non-hydrogen) atoms. The van der Waals surface area contributed by atoms with Crippen LogP contribution in [0.2, 0.25) is 0 Å². The summed E-state index contributed by atoms with van der Waals surface area (Å²) in [7, 11) is 2.10. The zero-order valence-electron chi connectivity index (χ0n) is 20.9. The molecule has 0 unspecified atom stereocenters. The lowest BCUT2D eigenvalue weighted by Gasteiger charge is -2.20. The second-order valence-corrected chi connectivity index (χ2v) is 9.08.